The number of rotatable bonds is 1. The van der Waals surface area contributed by atoms with Gasteiger partial charge in [-0.2, -0.15) is 0 Å². The number of hydrogen-bond acceptors (Lipinski definition) is 2. The summed E-state index contributed by atoms with van der Waals surface area (Å²) in [5.41, 5.74) is 5.54. The molecule has 0 aromatic heterocycles. The van der Waals surface area contributed by atoms with Gasteiger partial charge >= 0.3 is 6.09 Å². The Balaban J connectivity index is 2.16. The molecule has 1 amide bonds. The predicted molar refractivity (Wildman–Crippen MR) is 43.8 cm³/mol. The number of nitrogens with zero attached hydrogens (tertiary/aromatic N) is 1. The van der Waals surface area contributed by atoms with Gasteiger partial charge in [-0.25, -0.2) is 4.79 Å². The predicted octanol–water partition coefficient (Wildman–Crippen LogP) is 0.476. The molecule has 2 aliphatic rings. The summed E-state index contributed by atoms with van der Waals surface area (Å²) < 4.78 is 0. The number of piperidine rings is 1. The fourth-order valence-corrected chi connectivity index (χ4v) is 2.70. The molecule has 4 heteroatoms. The van der Waals surface area contributed by atoms with Crippen molar-refractivity contribution in [3.05, 3.63) is 0 Å². The average Bonchev–Trinajstić information content (AvgIpc) is 2.60. The van der Waals surface area contributed by atoms with Crippen LogP contribution in [0.15, 0.2) is 0 Å². The van der Waals surface area contributed by atoms with Gasteiger partial charge in [0, 0.05) is 12.6 Å². The molecule has 2 bridgehead atoms. The monoisotopic (exact) mass is 170 g/mol. The van der Waals surface area contributed by atoms with Crippen molar-refractivity contribution < 1.29 is 9.90 Å². The summed E-state index contributed by atoms with van der Waals surface area (Å²) in [5, 5.41) is 8.91. The molecule has 2 rings (SSSR count). The summed E-state index contributed by atoms with van der Waals surface area (Å²) in [4.78, 5) is 12.4. The van der Waals surface area contributed by atoms with Crippen molar-refractivity contribution in [2.75, 3.05) is 6.54 Å². The van der Waals surface area contributed by atoms with Crippen LogP contribution in [0.3, 0.4) is 0 Å². The number of carbonyl (C=O) groups is 1. The lowest BCUT2D eigenvalue weighted by molar-refractivity contribution is 0.104. The van der Waals surface area contributed by atoms with E-state index in [1.165, 1.54) is 0 Å². The fourth-order valence-electron chi connectivity index (χ4n) is 2.70. The van der Waals surface area contributed by atoms with Crippen molar-refractivity contribution in [2.24, 2.45) is 11.7 Å². The molecule has 2 fully saturated rings. The van der Waals surface area contributed by atoms with Gasteiger partial charge in [-0.1, -0.05) is 0 Å². The van der Waals surface area contributed by atoms with E-state index < -0.39 is 6.09 Å². The molecule has 12 heavy (non-hydrogen) atoms. The summed E-state index contributed by atoms with van der Waals surface area (Å²) in [6.07, 6.45) is 2.44. The molecule has 1 saturated carbocycles. The first kappa shape index (κ1) is 7.86. The molecule has 0 radical (unpaired) electrons. The summed E-state index contributed by atoms with van der Waals surface area (Å²) in [6, 6.07) is 0.363. The number of fused-ring (bicyclic) bond motifs is 2. The third-order valence-corrected chi connectivity index (χ3v) is 3.20. The maximum Gasteiger partial charge on any atom is 0.407 e. The van der Waals surface area contributed by atoms with E-state index in [0.717, 1.165) is 19.3 Å². The van der Waals surface area contributed by atoms with Crippen LogP contribution in [0.5, 0.6) is 0 Å². The van der Waals surface area contributed by atoms with Gasteiger partial charge in [0.25, 0.3) is 0 Å². The average molecular weight is 170 g/mol. The van der Waals surface area contributed by atoms with Crippen LogP contribution in [-0.2, 0) is 0 Å². The Morgan fingerprint density at radius 3 is 2.83 bits per heavy atom. The molecule has 3 N–H and O–H groups in total. The first-order valence-corrected chi connectivity index (χ1v) is 4.45. The van der Waals surface area contributed by atoms with Gasteiger partial charge < -0.3 is 15.7 Å². The van der Waals surface area contributed by atoms with Crippen LogP contribution in [0, 0.1) is 5.92 Å². The lowest BCUT2D eigenvalue weighted by Crippen LogP contribution is -2.47. The zero-order valence-electron chi connectivity index (χ0n) is 6.94. The third kappa shape index (κ3) is 0.909. The van der Waals surface area contributed by atoms with Crippen molar-refractivity contribution in [1.82, 2.24) is 4.90 Å². The highest BCUT2D eigenvalue weighted by atomic mass is 16.4. The number of carboxylic acid groups (broad SMARTS) is 1. The molecule has 1 heterocycles. The van der Waals surface area contributed by atoms with Gasteiger partial charge in [0.2, 0.25) is 0 Å². The summed E-state index contributed by atoms with van der Waals surface area (Å²) in [7, 11) is 0. The quantitative estimate of drug-likeness (QED) is 0.601. The highest BCUT2D eigenvalue weighted by Gasteiger charge is 2.47. The molecule has 1 saturated heterocycles. The Labute approximate surface area is 71.3 Å². The second-order valence-corrected chi connectivity index (χ2v) is 3.72. The van der Waals surface area contributed by atoms with Crippen LogP contribution >= 0.6 is 0 Å². The highest BCUT2D eigenvalue weighted by Crippen LogP contribution is 2.41. The van der Waals surface area contributed by atoms with E-state index in [1.807, 2.05) is 0 Å². The molecule has 0 aromatic carbocycles. The van der Waals surface area contributed by atoms with Crippen molar-refractivity contribution >= 4 is 6.09 Å². The first-order valence-electron chi connectivity index (χ1n) is 4.45. The second-order valence-electron chi connectivity index (χ2n) is 3.72. The maximum absolute atomic E-state index is 10.8. The van der Waals surface area contributed by atoms with Crippen molar-refractivity contribution in [2.45, 2.75) is 31.3 Å². The topological polar surface area (TPSA) is 66.6 Å². The van der Waals surface area contributed by atoms with Crippen LogP contribution in [-0.4, -0.2) is 34.7 Å². The SMILES string of the molecule is NCC1C2CCC(C2)N1C(=O)O. The normalized spacial score (nSPS) is 39.1. The zero-order chi connectivity index (χ0) is 8.72. The molecule has 0 aromatic rings. The lowest BCUT2D eigenvalue weighted by atomic mass is 9.99. The number of nitrogens with two attached hydrogens (primary N) is 1. The van der Waals surface area contributed by atoms with Crippen molar-refractivity contribution in [1.29, 1.82) is 0 Å². The van der Waals surface area contributed by atoms with E-state index >= 15 is 0 Å². The Hall–Kier alpha value is -0.770. The Morgan fingerprint density at radius 2 is 2.33 bits per heavy atom. The van der Waals surface area contributed by atoms with Gasteiger partial charge in [-0.05, 0) is 25.2 Å². The Morgan fingerprint density at radius 1 is 1.58 bits per heavy atom. The molecule has 0 spiro atoms. The van der Waals surface area contributed by atoms with E-state index in [9.17, 15) is 4.79 Å². The van der Waals surface area contributed by atoms with Crippen LogP contribution in [0.1, 0.15) is 19.3 Å². The largest absolute Gasteiger partial charge is 0.465 e. The summed E-state index contributed by atoms with van der Waals surface area (Å²) in [5.74, 6) is 0.538. The number of hydrogen-bond donors (Lipinski definition) is 2. The minimum atomic E-state index is -0.794. The first-order chi connectivity index (χ1) is 5.74. The summed E-state index contributed by atoms with van der Waals surface area (Å²) in [6.45, 7) is 0.480. The molecular formula is C8H14N2O2. The van der Waals surface area contributed by atoms with Gasteiger partial charge in [0.15, 0.2) is 0 Å². The summed E-state index contributed by atoms with van der Waals surface area (Å²) >= 11 is 0. The molecule has 68 valence electrons. The smallest absolute Gasteiger partial charge is 0.407 e. The Kier molecular flexibility index (Phi) is 1.72. The Bertz CT molecular complexity index is 207. The molecule has 1 aliphatic carbocycles. The van der Waals surface area contributed by atoms with Gasteiger partial charge in [-0.15, -0.1) is 0 Å². The third-order valence-electron chi connectivity index (χ3n) is 3.20. The lowest BCUT2D eigenvalue weighted by Gasteiger charge is -2.31. The van der Waals surface area contributed by atoms with E-state index in [1.54, 1.807) is 4.90 Å². The fraction of sp³-hybridized carbons (Fsp3) is 0.875. The highest BCUT2D eigenvalue weighted by molar-refractivity contribution is 5.66. The van der Waals surface area contributed by atoms with E-state index in [0.29, 0.717) is 12.5 Å². The molecule has 4 nitrogen and oxygen atoms in total. The van der Waals surface area contributed by atoms with Crippen LogP contribution in [0.25, 0.3) is 0 Å². The minimum Gasteiger partial charge on any atom is -0.465 e. The molecule has 1 aliphatic heterocycles. The molecule has 3 unspecified atom stereocenters. The molecule has 3 atom stereocenters. The van der Waals surface area contributed by atoms with Crippen molar-refractivity contribution in [3.8, 4) is 0 Å². The zero-order valence-corrected chi connectivity index (χ0v) is 6.94. The minimum absolute atomic E-state index is 0.0984. The second kappa shape index (κ2) is 2.62. The number of likely N-dealkylation sites (tertiary alicyclic amines) is 1. The van der Waals surface area contributed by atoms with Crippen LogP contribution in [0.2, 0.25) is 0 Å². The molecular weight excluding hydrogens is 156 g/mol. The van der Waals surface area contributed by atoms with Gasteiger partial charge in [-0.3, -0.25) is 0 Å². The maximum atomic E-state index is 10.8. The standard InChI is InChI=1S/C8H14N2O2/c9-4-7-5-1-2-6(3-5)10(7)8(11)12/h5-7H,1-4,9H2,(H,11,12). The van der Waals surface area contributed by atoms with Gasteiger partial charge in [0.05, 0.1) is 6.04 Å². The van der Waals surface area contributed by atoms with E-state index in [2.05, 4.69) is 0 Å². The number of amides is 1. The van der Waals surface area contributed by atoms with Crippen LogP contribution < -0.4 is 5.73 Å². The van der Waals surface area contributed by atoms with Crippen LogP contribution in [0.4, 0.5) is 4.79 Å². The van der Waals surface area contributed by atoms with Crippen molar-refractivity contribution in [3.63, 3.8) is 0 Å². The van der Waals surface area contributed by atoms with Gasteiger partial charge in [0.1, 0.15) is 0 Å². The van der Waals surface area contributed by atoms with E-state index in [-0.39, 0.29) is 12.1 Å². The van der Waals surface area contributed by atoms with E-state index in [4.69, 9.17) is 10.8 Å².